The summed E-state index contributed by atoms with van der Waals surface area (Å²) in [5.41, 5.74) is -0.915. The molecule has 0 radical (unpaired) electrons. The summed E-state index contributed by atoms with van der Waals surface area (Å²) in [7, 11) is 0. The number of piperidine rings is 2. The fourth-order valence-corrected chi connectivity index (χ4v) is 7.56. The largest absolute Gasteiger partial charge is 0.444 e. The molecule has 0 aromatic heterocycles. The van der Waals surface area contributed by atoms with E-state index < -0.39 is 52.1 Å². The maximum Gasteiger partial charge on any atom is 0.410 e. The van der Waals surface area contributed by atoms with Crippen molar-refractivity contribution < 1.29 is 42.2 Å². The van der Waals surface area contributed by atoms with Crippen LogP contribution in [0.2, 0.25) is 10.0 Å². The molecule has 7 rings (SSSR count). The summed E-state index contributed by atoms with van der Waals surface area (Å²) < 4.78 is 37.7. The molecule has 4 aliphatic heterocycles. The zero-order valence-corrected chi connectivity index (χ0v) is 36.8. The second kappa shape index (κ2) is 18.0. The summed E-state index contributed by atoms with van der Waals surface area (Å²) in [4.78, 5) is 77.5. The Morgan fingerprint density at radius 3 is 1.68 bits per heavy atom. The van der Waals surface area contributed by atoms with Crippen LogP contribution in [0.4, 0.5) is 24.1 Å². The van der Waals surface area contributed by atoms with Gasteiger partial charge < -0.3 is 34.8 Å². The normalized spacial score (nSPS) is 18.1. The zero-order chi connectivity index (χ0) is 45.2. The van der Waals surface area contributed by atoms with Crippen molar-refractivity contribution in [1.82, 2.24) is 20.0 Å². The molecule has 5 amide bonds. The van der Waals surface area contributed by atoms with Gasteiger partial charge in [0.15, 0.2) is 11.6 Å². The van der Waals surface area contributed by atoms with E-state index in [2.05, 4.69) is 15.6 Å². The summed E-state index contributed by atoms with van der Waals surface area (Å²) in [6, 6.07) is 16.7. The number of halogens is 4. The number of hydrogen-bond donors (Lipinski definition) is 2. The van der Waals surface area contributed by atoms with E-state index in [9.17, 15) is 32.8 Å². The molecule has 14 nitrogen and oxygen atoms in total. The van der Waals surface area contributed by atoms with Crippen molar-refractivity contribution in [2.24, 2.45) is 9.98 Å². The monoisotopic (exact) mass is 895 g/mol. The predicted octanol–water partition coefficient (Wildman–Crippen LogP) is 7.60. The number of nitrogens with zero attached hydrogens (tertiary/aromatic N) is 5. The average Bonchev–Trinajstić information content (AvgIpc) is 3.64. The number of carbonyl (C=O) groups is 5. The molecule has 0 saturated carbocycles. The molecule has 0 aliphatic carbocycles. The Morgan fingerprint density at radius 1 is 0.710 bits per heavy atom. The molecule has 2 N–H and O–H groups in total. The summed E-state index contributed by atoms with van der Waals surface area (Å²) >= 11 is 11.9. The lowest BCUT2D eigenvalue weighted by atomic mass is 9.96. The Balaban J connectivity index is 0.000000223. The summed E-state index contributed by atoms with van der Waals surface area (Å²) in [6.45, 7) is 12.0. The maximum absolute atomic E-state index is 13.6. The fraction of sp³-hybridized carbons (Fsp3) is 0.432. The quantitative estimate of drug-likeness (QED) is 0.267. The Morgan fingerprint density at radius 2 is 1.19 bits per heavy atom. The van der Waals surface area contributed by atoms with E-state index in [0.29, 0.717) is 47.3 Å². The van der Waals surface area contributed by atoms with Crippen molar-refractivity contribution in [1.29, 1.82) is 0 Å². The van der Waals surface area contributed by atoms with E-state index in [0.717, 1.165) is 17.7 Å². The SMILES string of the molecule is CC(C)(C)OC(=O)N1CCC2(CC1)N=C(c1ccc(Cl)cc1)C(=O)N2.CC(C)(C)OC(=O)N1CCC2(CC1)N=C(c1ccc(Cl)cc1)C(=O)N2CC(=O)Nc1ccc(F)c(F)c1. The van der Waals surface area contributed by atoms with Gasteiger partial charge in [0.05, 0.1) is 0 Å². The first-order valence-corrected chi connectivity index (χ1v) is 20.9. The van der Waals surface area contributed by atoms with Crippen molar-refractivity contribution in [3.63, 3.8) is 0 Å². The molecule has 4 aliphatic rings. The van der Waals surface area contributed by atoms with E-state index in [1.54, 1.807) is 79.1 Å². The molecule has 0 unspecified atom stereocenters. The highest BCUT2D eigenvalue weighted by molar-refractivity contribution is 6.47. The van der Waals surface area contributed by atoms with Crippen LogP contribution in [0, 0.1) is 11.6 Å². The molecular weight excluding hydrogens is 847 g/mol. The third kappa shape index (κ3) is 11.1. The van der Waals surface area contributed by atoms with Gasteiger partial charge in [-0.25, -0.2) is 18.4 Å². The van der Waals surface area contributed by atoms with Crippen LogP contribution in [0.5, 0.6) is 0 Å². The molecule has 0 bridgehead atoms. The number of likely N-dealkylation sites (tertiary alicyclic amines) is 2. The second-order valence-corrected chi connectivity index (χ2v) is 18.3. The van der Waals surface area contributed by atoms with Gasteiger partial charge >= 0.3 is 12.2 Å². The van der Waals surface area contributed by atoms with Crippen molar-refractivity contribution >= 4 is 70.2 Å². The van der Waals surface area contributed by atoms with Crippen LogP contribution < -0.4 is 10.6 Å². The van der Waals surface area contributed by atoms with Crippen LogP contribution in [0.3, 0.4) is 0 Å². The number of benzene rings is 3. The maximum atomic E-state index is 13.6. The summed E-state index contributed by atoms with van der Waals surface area (Å²) in [6.07, 6.45) is 0.912. The zero-order valence-electron chi connectivity index (χ0n) is 35.3. The van der Waals surface area contributed by atoms with Crippen LogP contribution in [0.25, 0.3) is 0 Å². The topological polar surface area (TPSA) is 162 Å². The van der Waals surface area contributed by atoms with Gasteiger partial charge in [0.25, 0.3) is 11.8 Å². The lowest BCUT2D eigenvalue weighted by Gasteiger charge is -2.42. The molecule has 2 spiro atoms. The molecule has 3 aromatic carbocycles. The van der Waals surface area contributed by atoms with E-state index in [4.69, 9.17) is 37.7 Å². The van der Waals surface area contributed by atoms with E-state index in [1.807, 2.05) is 20.8 Å². The molecule has 3 aromatic rings. The van der Waals surface area contributed by atoms with Gasteiger partial charge in [-0.1, -0.05) is 47.5 Å². The summed E-state index contributed by atoms with van der Waals surface area (Å²) in [5, 5.41) is 6.60. The molecule has 330 valence electrons. The third-order valence-corrected chi connectivity index (χ3v) is 10.9. The van der Waals surface area contributed by atoms with Crippen LogP contribution in [0.1, 0.15) is 78.4 Å². The number of amides is 5. The van der Waals surface area contributed by atoms with Gasteiger partial charge in [0.1, 0.15) is 40.5 Å². The molecule has 2 fully saturated rings. The molecule has 0 atom stereocenters. The highest BCUT2D eigenvalue weighted by atomic mass is 35.5. The van der Waals surface area contributed by atoms with Gasteiger partial charge in [0.2, 0.25) is 5.91 Å². The minimum Gasteiger partial charge on any atom is -0.444 e. The Hall–Kier alpha value is -5.61. The molecule has 2 saturated heterocycles. The molecule has 4 heterocycles. The van der Waals surface area contributed by atoms with Crippen LogP contribution in [-0.4, -0.2) is 111 Å². The molecule has 62 heavy (non-hydrogen) atoms. The lowest BCUT2D eigenvalue weighted by molar-refractivity contribution is -0.134. The molecular formula is C44H49Cl2F2N7O7. The van der Waals surface area contributed by atoms with Crippen LogP contribution in [-0.2, 0) is 23.9 Å². The predicted molar refractivity (Wildman–Crippen MR) is 230 cm³/mol. The number of nitrogens with one attached hydrogen (secondary N) is 2. The number of anilines is 1. The first-order chi connectivity index (χ1) is 29.0. The first kappa shape index (κ1) is 45.9. The highest BCUT2D eigenvalue weighted by Crippen LogP contribution is 2.37. The van der Waals surface area contributed by atoms with Crippen LogP contribution >= 0.6 is 23.2 Å². The highest BCUT2D eigenvalue weighted by Gasteiger charge is 2.50. The number of hydrogen-bond acceptors (Lipinski definition) is 9. The smallest absolute Gasteiger partial charge is 0.410 e. The molecule has 18 heteroatoms. The Kier molecular flexibility index (Phi) is 13.3. The lowest BCUT2D eigenvalue weighted by Crippen LogP contribution is -2.56. The fourth-order valence-electron chi connectivity index (χ4n) is 7.31. The van der Waals surface area contributed by atoms with E-state index in [-0.39, 0.29) is 55.9 Å². The van der Waals surface area contributed by atoms with Crippen molar-refractivity contribution in [2.75, 3.05) is 38.0 Å². The van der Waals surface area contributed by atoms with Crippen molar-refractivity contribution in [3.8, 4) is 0 Å². The van der Waals surface area contributed by atoms with E-state index in [1.165, 1.54) is 11.0 Å². The van der Waals surface area contributed by atoms with Gasteiger partial charge in [-0.3, -0.25) is 24.4 Å². The minimum atomic E-state index is -1.10. The number of rotatable bonds is 5. The Labute approximate surface area is 368 Å². The van der Waals surface area contributed by atoms with Gasteiger partial charge in [-0.2, -0.15) is 0 Å². The summed E-state index contributed by atoms with van der Waals surface area (Å²) in [5.74, 6) is -3.37. The average molecular weight is 897 g/mol. The third-order valence-electron chi connectivity index (χ3n) is 10.4. The second-order valence-electron chi connectivity index (χ2n) is 17.4. The van der Waals surface area contributed by atoms with Crippen LogP contribution in [0.15, 0.2) is 76.7 Å². The first-order valence-electron chi connectivity index (χ1n) is 20.1. The van der Waals surface area contributed by atoms with Crippen molar-refractivity contribution in [2.45, 2.75) is 89.8 Å². The number of ether oxygens (including phenoxy) is 2. The van der Waals surface area contributed by atoms with Gasteiger partial charge in [-0.05, 0) is 77.9 Å². The Bertz CT molecular complexity index is 2280. The van der Waals surface area contributed by atoms with Gasteiger partial charge in [-0.15, -0.1) is 0 Å². The van der Waals surface area contributed by atoms with E-state index >= 15 is 0 Å². The van der Waals surface area contributed by atoms with Gasteiger partial charge in [0, 0.05) is 84.8 Å². The number of aliphatic imine (C=N–C) groups is 2. The van der Waals surface area contributed by atoms with Crippen molar-refractivity contribution in [3.05, 3.63) is 99.5 Å². The minimum absolute atomic E-state index is 0.0585. The number of carbonyl (C=O) groups excluding carboxylic acids is 5. The standard InChI is InChI=1S/C26H27ClF2N4O4.C18H22ClN3O3/c1-25(2,3)37-24(36)32-12-10-26(11-13-32)31-22(16-4-6-17(27)7-5-16)23(35)33(26)15-21(34)30-18-8-9-19(28)20(29)14-18;1-17(2,3)25-16(24)22-10-8-18(9-11-22)20-14(15(23)21-18)12-4-6-13(19)7-5-12/h4-9,14H,10-13,15H2,1-3H3,(H,30,34);4-7H,8-11H2,1-3H3,(H,21,23).